The van der Waals surface area contributed by atoms with Crippen molar-refractivity contribution in [1.29, 1.82) is 5.26 Å². The van der Waals surface area contributed by atoms with Crippen LogP contribution in [0.25, 0.3) is 0 Å². The lowest BCUT2D eigenvalue weighted by molar-refractivity contribution is 0.529. The molecule has 0 atom stereocenters. The van der Waals surface area contributed by atoms with Crippen LogP contribution in [0.15, 0.2) is 24.3 Å². The van der Waals surface area contributed by atoms with E-state index in [1.807, 2.05) is 13.8 Å². The molecule has 0 unspecified atom stereocenters. The van der Waals surface area contributed by atoms with E-state index in [-0.39, 0.29) is 10.8 Å². The molecule has 1 rings (SSSR count). The highest BCUT2D eigenvalue weighted by molar-refractivity contribution is 5.46. The van der Waals surface area contributed by atoms with Crippen LogP contribution in [0.5, 0.6) is 0 Å². The van der Waals surface area contributed by atoms with Crippen LogP contribution in [0.3, 0.4) is 0 Å². The molecule has 0 bridgehead atoms. The van der Waals surface area contributed by atoms with Gasteiger partial charge in [0.05, 0.1) is 11.5 Å². The van der Waals surface area contributed by atoms with Crippen molar-refractivity contribution in [2.75, 3.05) is 11.9 Å². The fourth-order valence-corrected chi connectivity index (χ4v) is 1.45. The van der Waals surface area contributed by atoms with Crippen LogP contribution in [0.1, 0.15) is 40.2 Å². The van der Waals surface area contributed by atoms with Crippen molar-refractivity contribution in [2.24, 2.45) is 5.41 Å². The van der Waals surface area contributed by atoms with E-state index in [0.29, 0.717) is 6.54 Å². The number of rotatable bonds is 3. The Morgan fingerprint density at radius 2 is 1.59 bits per heavy atom. The van der Waals surface area contributed by atoms with Crippen molar-refractivity contribution < 1.29 is 0 Å². The Morgan fingerprint density at radius 1 is 1.06 bits per heavy atom. The van der Waals surface area contributed by atoms with E-state index in [1.165, 1.54) is 5.56 Å². The van der Waals surface area contributed by atoms with Crippen molar-refractivity contribution in [3.8, 4) is 6.07 Å². The van der Waals surface area contributed by atoms with Gasteiger partial charge in [0.1, 0.15) is 0 Å². The van der Waals surface area contributed by atoms with Crippen molar-refractivity contribution in [3.05, 3.63) is 29.8 Å². The maximum absolute atomic E-state index is 8.93. The third-order valence-corrected chi connectivity index (χ3v) is 2.79. The number of nitriles is 1. The van der Waals surface area contributed by atoms with E-state index in [1.54, 1.807) is 0 Å². The van der Waals surface area contributed by atoms with Gasteiger partial charge in [0.25, 0.3) is 0 Å². The lowest BCUT2D eigenvalue weighted by Crippen LogP contribution is -2.21. The van der Waals surface area contributed by atoms with E-state index in [4.69, 9.17) is 5.26 Å². The Bertz CT molecular complexity index is 402. The lowest BCUT2D eigenvalue weighted by atomic mass is 9.87. The molecule has 0 amide bonds. The average molecular weight is 230 g/mol. The standard InChI is InChI=1S/C15H22N2/c1-14(2,3)12-6-8-13(9-7-12)17-11-15(4,5)10-16/h6-9,17H,11H2,1-5H3. The fourth-order valence-electron chi connectivity index (χ4n) is 1.45. The predicted molar refractivity (Wildman–Crippen MR) is 73.0 cm³/mol. The molecule has 0 aromatic heterocycles. The lowest BCUT2D eigenvalue weighted by Gasteiger charge is -2.20. The van der Waals surface area contributed by atoms with Gasteiger partial charge in [0.2, 0.25) is 0 Å². The molecule has 0 aliphatic heterocycles. The van der Waals surface area contributed by atoms with Gasteiger partial charge in [-0.2, -0.15) is 5.26 Å². The summed E-state index contributed by atoms with van der Waals surface area (Å²) >= 11 is 0. The molecule has 92 valence electrons. The SMILES string of the molecule is CC(C)(C#N)CNc1ccc(C(C)(C)C)cc1. The summed E-state index contributed by atoms with van der Waals surface area (Å²) in [6.45, 7) is 11.1. The minimum Gasteiger partial charge on any atom is -0.383 e. The zero-order valence-electron chi connectivity index (χ0n) is 11.5. The zero-order chi connectivity index (χ0) is 13.1. The second kappa shape index (κ2) is 4.79. The zero-order valence-corrected chi connectivity index (χ0v) is 11.5. The first-order chi connectivity index (χ1) is 7.74. The summed E-state index contributed by atoms with van der Waals surface area (Å²) in [5.41, 5.74) is 2.25. The van der Waals surface area contributed by atoms with E-state index in [9.17, 15) is 0 Å². The van der Waals surface area contributed by atoms with Crippen LogP contribution in [-0.2, 0) is 5.41 Å². The molecule has 2 nitrogen and oxygen atoms in total. The first-order valence-electron chi connectivity index (χ1n) is 6.00. The Kier molecular flexibility index (Phi) is 3.83. The molecule has 0 aliphatic rings. The Hall–Kier alpha value is -1.49. The van der Waals surface area contributed by atoms with Crippen LogP contribution in [0, 0.1) is 16.7 Å². The second-order valence-electron chi connectivity index (χ2n) is 6.18. The fraction of sp³-hybridized carbons (Fsp3) is 0.533. The summed E-state index contributed by atoms with van der Waals surface area (Å²) in [5.74, 6) is 0. The first-order valence-corrected chi connectivity index (χ1v) is 6.00. The maximum Gasteiger partial charge on any atom is 0.0702 e. The minimum atomic E-state index is -0.331. The quantitative estimate of drug-likeness (QED) is 0.853. The van der Waals surface area contributed by atoms with Gasteiger partial charge in [-0.3, -0.25) is 0 Å². The summed E-state index contributed by atoms with van der Waals surface area (Å²) in [5, 5.41) is 12.2. The molecule has 0 saturated carbocycles. The Morgan fingerprint density at radius 3 is 2.00 bits per heavy atom. The molecule has 0 saturated heterocycles. The van der Waals surface area contributed by atoms with E-state index >= 15 is 0 Å². The number of nitrogens with zero attached hydrogens (tertiary/aromatic N) is 1. The smallest absolute Gasteiger partial charge is 0.0702 e. The minimum absolute atomic E-state index is 0.185. The van der Waals surface area contributed by atoms with E-state index in [0.717, 1.165) is 5.69 Å². The van der Waals surface area contributed by atoms with Gasteiger partial charge >= 0.3 is 0 Å². The average Bonchev–Trinajstić information content (AvgIpc) is 2.26. The number of nitrogens with one attached hydrogen (secondary N) is 1. The number of anilines is 1. The highest BCUT2D eigenvalue weighted by atomic mass is 14.9. The molecule has 17 heavy (non-hydrogen) atoms. The van der Waals surface area contributed by atoms with E-state index in [2.05, 4.69) is 56.4 Å². The molecule has 1 aromatic carbocycles. The summed E-state index contributed by atoms with van der Waals surface area (Å²) in [4.78, 5) is 0. The van der Waals surface area contributed by atoms with Crippen LogP contribution >= 0.6 is 0 Å². The maximum atomic E-state index is 8.93. The molecule has 1 aromatic rings. The number of hydrogen-bond donors (Lipinski definition) is 1. The predicted octanol–water partition coefficient (Wildman–Crippen LogP) is 3.95. The highest BCUT2D eigenvalue weighted by Crippen LogP contribution is 2.24. The summed E-state index contributed by atoms with van der Waals surface area (Å²) in [6, 6.07) is 10.7. The van der Waals surface area contributed by atoms with Crippen LogP contribution in [0.2, 0.25) is 0 Å². The van der Waals surface area contributed by atoms with Crippen molar-refractivity contribution in [3.63, 3.8) is 0 Å². The van der Waals surface area contributed by atoms with Crippen LogP contribution < -0.4 is 5.32 Å². The highest BCUT2D eigenvalue weighted by Gasteiger charge is 2.16. The summed E-state index contributed by atoms with van der Waals surface area (Å²) in [6.07, 6.45) is 0. The van der Waals surface area contributed by atoms with Gasteiger partial charge in [-0.05, 0) is 37.0 Å². The topological polar surface area (TPSA) is 35.8 Å². The molecule has 0 radical (unpaired) electrons. The third kappa shape index (κ3) is 4.11. The van der Waals surface area contributed by atoms with Gasteiger partial charge in [-0.15, -0.1) is 0 Å². The van der Waals surface area contributed by atoms with Crippen molar-refractivity contribution in [2.45, 2.75) is 40.0 Å². The summed E-state index contributed by atoms with van der Waals surface area (Å²) in [7, 11) is 0. The summed E-state index contributed by atoms with van der Waals surface area (Å²) < 4.78 is 0. The number of benzene rings is 1. The van der Waals surface area contributed by atoms with Gasteiger partial charge in [-0.1, -0.05) is 32.9 Å². The van der Waals surface area contributed by atoms with Crippen molar-refractivity contribution in [1.82, 2.24) is 0 Å². The third-order valence-electron chi connectivity index (χ3n) is 2.79. The molecular weight excluding hydrogens is 208 g/mol. The molecule has 0 aliphatic carbocycles. The first kappa shape index (κ1) is 13.6. The molecule has 2 heteroatoms. The molecule has 0 spiro atoms. The molecular formula is C15H22N2. The number of hydrogen-bond acceptors (Lipinski definition) is 2. The normalized spacial score (nSPS) is 12.0. The van der Waals surface area contributed by atoms with Gasteiger partial charge in [0.15, 0.2) is 0 Å². The van der Waals surface area contributed by atoms with Crippen LogP contribution in [0.4, 0.5) is 5.69 Å². The van der Waals surface area contributed by atoms with Crippen molar-refractivity contribution >= 4 is 5.69 Å². The molecule has 1 N–H and O–H groups in total. The largest absolute Gasteiger partial charge is 0.383 e. The van der Waals surface area contributed by atoms with Gasteiger partial charge in [0, 0.05) is 12.2 Å². The van der Waals surface area contributed by atoms with Crippen LogP contribution in [-0.4, -0.2) is 6.54 Å². The second-order valence-corrected chi connectivity index (χ2v) is 6.18. The molecule has 0 fully saturated rings. The van der Waals surface area contributed by atoms with Gasteiger partial charge < -0.3 is 5.32 Å². The van der Waals surface area contributed by atoms with Gasteiger partial charge in [-0.25, -0.2) is 0 Å². The Labute approximate surface area is 105 Å². The monoisotopic (exact) mass is 230 g/mol. The van der Waals surface area contributed by atoms with E-state index < -0.39 is 0 Å². The Balaban J connectivity index is 2.68. The molecule has 0 heterocycles.